The van der Waals surface area contributed by atoms with Crippen molar-refractivity contribution in [3.63, 3.8) is 0 Å². The first-order chi connectivity index (χ1) is 16.1. The minimum atomic E-state index is -4.53. The highest BCUT2D eigenvalue weighted by Crippen LogP contribution is 2.33. The fourth-order valence-electron chi connectivity index (χ4n) is 3.35. The first-order valence-corrected chi connectivity index (χ1v) is 10.2. The molecule has 8 nitrogen and oxygen atoms in total. The minimum Gasteiger partial charge on any atom is -0.480 e. The number of ether oxygens (including phenoxy) is 2. The van der Waals surface area contributed by atoms with Gasteiger partial charge in [-0.2, -0.15) is 23.3 Å². The standard InChI is InChI=1S/C23H21F3N6O2/c1-22(2,17-9-6-10-19(29-17)32-12-11-18(31-32)23(24,25)26)16-8-5-7-15(28-16)14-13-27-21(34-4)30-20(14)33-3/h5-13H,1-4H3. The van der Waals surface area contributed by atoms with E-state index in [-0.39, 0.29) is 11.8 Å². The SMILES string of the molecule is COc1ncc(-c2cccc(C(C)(C)c3cccc(-n4ccc(C(F)(F)F)n4)n3)n2)c(OC)n1. The predicted molar refractivity (Wildman–Crippen MR) is 117 cm³/mol. The van der Waals surface area contributed by atoms with Crippen LogP contribution in [0.3, 0.4) is 0 Å². The van der Waals surface area contributed by atoms with E-state index < -0.39 is 17.3 Å². The molecule has 0 spiro atoms. The molecule has 0 saturated heterocycles. The minimum absolute atomic E-state index is 0.172. The third-order valence-electron chi connectivity index (χ3n) is 5.26. The highest BCUT2D eigenvalue weighted by Gasteiger charge is 2.34. The Morgan fingerprint density at radius 1 is 0.824 bits per heavy atom. The second kappa shape index (κ2) is 8.73. The first-order valence-electron chi connectivity index (χ1n) is 10.2. The van der Waals surface area contributed by atoms with Crippen LogP contribution in [-0.4, -0.2) is 43.9 Å². The van der Waals surface area contributed by atoms with Crippen molar-refractivity contribution >= 4 is 0 Å². The second-order valence-corrected chi connectivity index (χ2v) is 7.84. The summed E-state index contributed by atoms with van der Waals surface area (Å²) < 4.78 is 50.4. The Kier molecular flexibility index (Phi) is 5.94. The van der Waals surface area contributed by atoms with Crippen molar-refractivity contribution in [2.24, 2.45) is 0 Å². The van der Waals surface area contributed by atoms with E-state index in [2.05, 4.69) is 20.1 Å². The number of nitrogens with zero attached hydrogens (tertiary/aromatic N) is 6. The van der Waals surface area contributed by atoms with Gasteiger partial charge < -0.3 is 9.47 Å². The number of methoxy groups -OCH3 is 2. The zero-order valence-electron chi connectivity index (χ0n) is 18.8. The topological polar surface area (TPSA) is 87.8 Å². The summed E-state index contributed by atoms with van der Waals surface area (Å²) in [4.78, 5) is 17.7. The van der Waals surface area contributed by atoms with E-state index in [1.165, 1.54) is 20.4 Å². The maximum absolute atomic E-state index is 13.0. The van der Waals surface area contributed by atoms with Gasteiger partial charge in [-0.1, -0.05) is 12.1 Å². The molecule has 0 aliphatic heterocycles. The van der Waals surface area contributed by atoms with Crippen LogP contribution < -0.4 is 9.47 Å². The average molecular weight is 470 g/mol. The molecule has 0 saturated carbocycles. The fraction of sp³-hybridized carbons (Fsp3) is 0.261. The van der Waals surface area contributed by atoms with E-state index >= 15 is 0 Å². The van der Waals surface area contributed by atoms with Crippen LogP contribution in [-0.2, 0) is 11.6 Å². The number of hydrogen-bond acceptors (Lipinski definition) is 7. The molecule has 4 aromatic rings. The van der Waals surface area contributed by atoms with E-state index in [9.17, 15) is 13.2 Å². The third-order valence-corrected chi connectivity index (χ3v) is 5.26. The lowest BCUT2D eigenvalue weighted by Gasteiger charge is -2.24. The van der Waals surface area contributed by atoms with Crippen molar-refractivity contribution in [1.82, 2.24) is 29.7 Å². The Labute approximate surface area is 193 Å². The van der Waals surface area contributed by atoms with Gasteiger partial charge in [0, 0.05) is 17.8 Å². The quantitative estimate of drug-likeness (QED) is 0.411. The summed E-state index contributed by atoms with van der Waals surface area (Å²) in [6.45, 7) is 3.86. The molecular weight excluding hydrogens is 449 g/mol. The molecule has 0 aliphatic carbocycles. The summed E-state index contributed by atoms with van der Waals surface area (Å²) in [5.74, 6) is 0.580. The van der Waals surface area contributed by atoms with Crippen LogP contribution in [0, 0.1) is 0 Å². The molecule has 4 heterocycles. The van der Waals surface area contributed by atoms with Crippen molar-refractivity contribution in [3.8, 4) is 29.0 Å². The van der Waals surface area contributed by atoms with Gasteiger partial charge in [0.05, 0.1) is 36.9 Å². The largest absolute Gasteiger partial charge is 0.480 e. The molecule has 0 aromatic carbocycles. The van der Waals surface area contributed by atoms with Gasteiger partial charge in [-0.15, -0.1) is 0 Å². The Bertz CT molecular complexity index is 1320. The zero-order chi connectivity index (χ0) is 24.5. The lowest BCUT2D eigenvalue weighted by atomic mass is 9.84. The van der Waals surface area contributed by atoms with Gasteiger partial charge in [0.2, 0.25) is 5.88 Å². The van der Waals surface area contributed by atoms with Crippen molar-refractivity contribution in [2.45, 2.75) is 25.4 Å². The lowest BCUT2D eigenvalue weighted by Crippen LogP contribution is -2.23. The molecule has 176 valence electrons. The molecule has 4 rings (SSSR count). The molecule has 34 heavy (non-hydrogen) atoms. The predicted octanol–water partition coefficient (Wildman–Crippen LogP) is 4.48. The van der Waals surface area contributed by atoms with Gasteiger partial charge in [0.1, 0.15) is 0 Å². The second-order valence-electron chi connectivity index (χ2n) is 7.84. The van der Waals surface area contributed by atoms with Gasteiger partial charge in [-0.05, 0) is 44.2 Å². The number of aromatic nitrogens is 6. The van der Waals surface area contributed by atoms with E-state index in [1.807, 2.05) is 26.0 Å². The molecule has 0 aliphatic rings. The maximum atomic E-state index is 13.0. The van der Waals surface area contributed by atoms with E-state index in [4.69, 9.17) is 14.5 Å². The zero-order valence-corrected chi connectivity index (χ0v) is 18.8. The number of hydrogen-bond donors (Lipinski definition) is 0. The normalized spacial score (nSPS) is 12.0. The highest BCUT2D eigenvalue weighted by molar-refractivity contribution is 5.64. The van der Waals surface area contributed by atoms with Crippen LogP contribution in [0.2, 0.25) is 0 Å². The molecule has 0 amide bonds. The molecule has 0 fully saturated rings. The molecule has 4 aromatic heterocycles. The Balaban J connectivity index is 1.71. The van der Waals surface area contributed by atoms with Crippen LogP contribution in [0.4, 0.5) is 13.2 Å². The molecule has 0 atom stereocenters. The summed E-state index contributed by atoms with van der Waals surface area (Å²) >= 11 is 0. The summed E-state index contributed by atoms with van der Waals surface area (Å²) in [5, 5.41) is 3.61. The van der Waals surface area contributed by atoms with Gasteiger partial charge in [-0.25, -0.2) is 14.6 Å². The molecule has 0 N–H and O–H groups in total. The van der Waals surface area contributed by atoms with E-state index in [0.717, 1.165) is 10.7 Å². The van der Waals surface area contributed by atoms with E-state index in [0.29, 0.717) is 28.5 Å². The van der Waals surface area contributed by atoms with Gasteiger partial charge in [-0.3, -0.25) is 4.98 Å². The smallest absolute Gasteiger partial charge is 0.435 e. The monoisotopic (exact) mass is 470 g/mol. The summed E-state index contributed by atoms with van der Waals surface area (Å²) in [6, 6.07) is 11.7. The third kappa shape index (κ3) is 4.41. The fourth-order valence-corrected chi connectivity index (χ4v) is 3.35. The maximum Gasteiger partial charge on any atom is 0.435 e. The van der Waals surface area contributed by atoms with Crippen molar-refractivity contribution in [1.29, 1.82) is 0 Å². The molecule has 0 radical (unpaired) electrons. The number of rotatable bonds is 6. The summed E-state index contributed by atoms with van der Waals surface area (Å²) in [5.41, 5.74) is 0.790. The van der Waals surface area contributed by atoms with Crippen LogP contribution in [0.25, 0.3) is 17.1 Å². The average Bonchev–Trinajstić information content (AvgIpc) is 3.35. The van der Waals surface area contributed by atoms with Crippen LogP contribution in [0.15, 0.2) is 54.9 Å². The van der Waals surface area contributed by atoms with Gasteiger partial charge in [0.15, 0.2) is 11.5 Å². The Morgan fingerprint density at radius 2 is 1.53 bits per heavy atom. The summed E-state index contributed by atoms with van der Waals surface area (Å²) in [7, 11) is 2.96. The molecule has 11 heteroatoms. The number of alkyl halides is 3. The lowest BCUT2D eigenvalue weighted by molar-refractivity contribution is -0.141. The van der Waals surface area contributed by atoms with Crippen LogP contribution in [0.1, 0.15) is 30.9 Å². The number of pyridine rings is 2. The highest BCUT2D eigenvalue weighted by atomic mass is 19.4. The molecule has 0 bridgehead atoms. The molecule has 0 unspecified atom stereocenters. The van der Waals surface area contributed by atoms with Crippen molar-refractivity contribution in [2.75, 3.05) is 14.2 Å². The first kappa shape index (κ1) is 23.1. The Morgan fingerprint density at radius 3 is 2.18 bits per heavy atom. The van der Waals surface area contributed by atoms with Crippen molar-refractivity contribution < 1.29 is 22.6 Å². The van der Waals surface area contributed by atoms with Crippen molar-refractivity contribution in [3.05, 3.63) is 71.9 Å². The molecular formula is C23H21F3N6O2. The van der Waals surface area contributed by atoms with Crippen LogP contribution >= 0.6 is 0 Å². The van der Waals surface area contributed by atoms with Gasteiger partial charge >= 0.3 is 12.2 Å². The van der Waals surface area contributed by atoms with Gasteiger partial charge in [0.25, 0.3) is 0 Å². The number of halogens is 3. The van der Waals surface area contributed by atoms with E-state index in [1.54, 1.807) is 30.5 Å². The summed E-state index contributed by atoms with van der Waals surface area (Å²) in [6.07, 6.45) is -1.73. The van der Waals surface area contributed by atoms with Crippen LogP contribution in [0.5, 0.6) is 11.9 Å². The Hall–Kier alpha value is -4.02.